The van der Waals surface area contributed by atoms with Crippen LogP contribution < -0.4 is 0 Å². The highest BCUT2D eigenvalue weighted by Crippen LogP contribution is 2.30. The van der Waals surface area contributed by atoms with Crippen molar-refractivity contribution in [2.45, 2.75) is 19.4 Å². The number of thiophene rings is 1. The fourth-order valence-electron chi connectivity index (χ4n) is 1.43. The van der Waals surface area contributed by atoms with Crippen LogP contribution in [0.3, 0.4) is 0 Å². The zero-order valence-electron chi connectivity index (χ0n) is 7.49. The highest BCUT2D eigenvalue weighted by Gasteiger charge is 2.19. The lowest BCUT2D eigenvalue weighted by atomic mass is 10.1. The Kier molecular flexibility index (Phi) is 2.38. The Labute approximate surface area is 81.5 Å². The van der Waals surface area contributed by atoms with Gasteiger partial charge in [0.25, 0.3) is 0 Å². The van der Waals surface area contributed by atoms with Gasteiger partial charge < -0.3 is 9.84 Å². The summed E-state index contributed by atoms with van der Waals surface area (Å²) in [6, 6.07) is 0. The first-order valence-corrected chi connectivity index (χ1v) is 5.27. The molecule has 0 saturated heterocycles. The lowest BCUT2D eigenvalue weighted by molar-refractivity contribution is 0.119. The molecule has 1 unspecified atom stereocenters. The van der Waals surface area contributed by atoms with Crippen LogP contribution >= 0.6 is 11.3 Å². The van der Waals surface area contributed by atoms with Crippen LogP contribution in [0.5, 0.6) is 0 Å². The van der Waals surface area contributed by atoms with Gasteiger partial charge in [-0.05, 0) is 29.3 Å². The van der Waals surface area contributed by atoms with Gasteiger partial charge in [0.1, 0.15) is 11.9 Å². The summed E-state index contributed by atoms with van der Waals surface area (Å²) < 4.78 is 5.31. The van der Waals surface area contributed by atoms with Crippen molar-refractivity contribution < 1.29 is 9.84 Å². The van der Waals surface area contributed by atoms with E-state index in [0.29, 0.717) is 12.4 Å². The van der Waals surface area contributed by atoms with Crippen molar-refractivity contribution in [1.29, 1.82) is 0 Å². The van der Waals surface area contributed by atoms with Crippen LogP contribution in [0.2, 0.25) is 0 Å². The highest BCUT2D eigenvalue weighted by atomic mass is 32.1. The molecule has 0 fully saturated rings. The summed E-state index contributed by atoms with van der Waals surface area (Å²) in [7, 11) is 0. The number of aryl methyl sites for hydroxylation is 1. The zero-order chi connectivity index (χ0) is 9.26. The number of aliphatic hydroxyl groups is 1. The van der Waals surface area contributed by atoms with Crippen LogP contribution in [-0.4, -0.2) is 11.7 Å². The summed E-state index contributed by atoms with van der Waals surface area (Å²) in [4.78, 5) is 0. The largest absolute Gasteiger partial charge is 0.495 e. The van der Waals surface area contributed by atoms with Crippen molar-refractivity contribution >= 4 is 11.3 Å². The monoisotopic (exact) mass is 196 g/mol. The Hall–Kier alpha value is -0.800. The number of hydrogen-bond donors (Lipinski definition) is 1. The Balaban J connectivity index is 2.21. The summed E-state index contributed by atoms with van der Waals surface area (Å²) in [5, 5.41) is 13.9. The van der Waals surface area contributed by atoms with E-state index in [1.165, 1.54) is 0 Å². The SMILES string of the molecule is Cc1cscc1C(O)C1=CCCO1. The molecule has 0 saturated carbocycles. The van der Waals surface area contributed by atoms with E-state index in [-0.39, 0.29) is 0 Å². The molecule has 70 valence electrons. The Bertz CT molecular complexity index is 327. The molecule has 1 aliphatic rings. The van der Waals surface area contributed by atoms with E-state index in [2.05, 4.69) is 0 Å². The molecular formula is C10H12O2S. The van der Waals surface area contributed by atoms with E-state index in [1.807, 2.05) is 23.8 Å². The van der Waals surface area contributed by atoms with Crippen LogP contribution in [0, 0.1) is 6.92 Å². The van der Waals surface area contributed by atoms with E-state index >= 15 is 0 Å². The standard InChI is InChI=1S/C10H12O2S/c1-7-5-13-6-8(7)10(11)9-3-2-4-12-9/h3,5-6,10-11H,2,4H2,1H3. The molecule has 0 bridgehead atoms. The molecule has 13 heavy (non-hydrogen) atoms. The zero-order valence-corrected chi connectivity index (χ0v) is 8.30. The van der Waals surface area contributed by atoms with Crippen LogP contribution in [0.4, 0.5) is 0 Å². The predicted molar refractivity (Wildman–Crippen MR) is 52.7 cm³/mol. The molecule has 1 aliphatic heterocycles. The van der Waals surface area contributed by atoms with Crippen molar-refractivity contribution in [1.82, 2.24) is 0 Å². The molecule has 0 aromatic carbocycles. The average molecular weight is 196 g/mol. The van der Waals surface area contributed by atoms with Crippen molar-refractivity contribution in [3.8, 4) is 0 Å². The van der Waals surface area contributed by atoms with Crippen LogP contribution in [-0.2, 0) is 4.74 Å². The lowest BCUT2D eigenvalue weighted by Gasteiger charge is -2.11. The minimum Gasteiger partial charge on any atom is -0.495 e. The molecule has 0 spiro atoms. The summed E-state index contributed by atoms with van der Waals surface area (Å²) in [6.45, 7) is 2.71. The summed E-state index contributed by atoms with van der Waals surface area (Å²) in [5.74, 6) is 0.710. The molecule has 2 heterocycles. The van der Waals surface area contributed by atoms with Crippen LogP contribution in [0.1, 0.15) is 23.7 Å². The smallest absolute Gasteiger partial charge is 0.137 e. The topological polar surface area (TPSA) is 29.5 Å². The summed E-state index contributed by atoms with van der Waals surface area (Å²) in [6.07, 6.45) is 2.31. The van der Waals surface area contributed by atoms with E-state index in [9.17, 15) is 5.11 Å². The van der Waals surface area contributed by atoms with Gasteiger partial charge in [0, 0.05) is 12.0 Å². The van der Waals surface area contributed by atoms with Gasteiger partial charge in [0.15, 0.2) is 0 Å². The second kappa shape index (κ2) is 3.52. The van der Waals surface area contributed by atoms with Gasteiger partial charge in [-0.2, -0.15) is 11.3 Å². The number of hydrogen-bond acceptors (Lipinski definition) is 3. The van der Waals surface area contributed by atoms with E-state index < -0.39 is 6.10 Å². The molecular weight excluding hydrogens is 184 g/mol. The molecule has 2 rings (SSSR count). The normalized spacial score (nSPS) is 18.2. The van der Waals surface area contributed by atoms with Gasteiger partial charge in [-0.3, -0.25) is 0 Å². The number of rotatable bonds is 2. The van der Waals surface area contributed by atoms with Gasteiger partial charge >= 0.3 is 0 Å². The predicted octanol–water partition coefficient (Wildman–Crippen LogP) is 2.39. The van der Waals surface area contributed by atoms with E-state index in [4.69, 9.17) is 4.74 Å². The third-order valence-corrected chi connectivity index (χ3v) is 3.07. The van der Waals surface area contributed by atoms with E-state index in [0.717, 1.165) is 17.5 Å². The maximum atomic E-state index is 9.90. The Morgan fingerprint density at radius 3 is 2.92 bits per heavy atom. The molecule has 1 atom stereocenters. The molecule has 1 aromatic rings. The molecule has 1 N–H and O–H groups in total. The first kappa shape index (κ1) is 8.78. The van der Waals surface area contributed by atoms with E-state index in [1.54, 1.807) is 11.3 Å². The van der Waals surface area contributed by atoms with Crippen LogP contribution in [0.25, 0.3) is 0 Å². The second-order valence-corrected chi connectivity index (χ2v) is 3.90. The van der Waals surface area contributed by atoms with Crippen molar-refractivity contribution in [3.63, 3.8) is 0 Å². The highest BCUT2D eigenvalue weighted by molar-refractivity contribution is 7.08. The maximum Gasteiger partial charge on any atom is 0.137 e. The van der Waals surface area contributed by atoms with Crippen molar-refractivity contribution in [2.75, 3.05) is 6.61 Å². The quantitative estimate of drug-likeness (QED) is 0.787. The van der Waals surface area contributed by atoms with Gasteiger partial charge in [-0.1, -0.05) is 0 Å². The number of ether oxygens (including phenoxy) is 1. The van der Waals surface area contributed by atoms with Gasteiger partial charge in [0.2, 0.25) is 0 Å². The molecule has 2 nitrogen and oxygen atoms in total. The second-order valence-electron chi connectivity index (χ2n) is 3.16. The first-order chi connectivity index (χ1) is 6.29. The Morgan fingerprint density at radius 1 is 1.54 bits per heavy atom. The van der Waals surface area contributed by atoms with Gasteiger partial charge in [-0.25, -0.2) is 0 Å². The van der Waals surface area contributed by atoms with Crippen LogP contribution in [0.15, 0.2) is 22.6 Å². The summed E-state index contributed by atoms with van der Waals surface area (Å²) >= 11 is 1.61. The fourth-order valence-corrected chi connectivity index (χ4v) is 2.30. The third-order valence-electron chi connectivity index (χ3n) is 2.19. The average Bonchev–Trinajstić information content (AvgIpc) is 2.72. The lowest BCUT2D eigenvalue weighted by Crippen LogP contribution is -2.02. The maximum absolute atomic E-state index is 9.90. The minimum atomic E-state index is -0.561. The molecule has 1 aromatic heterocycles. The number of aliphatic hydroxyl groups excluding tert-OH is 1. The molecule has 3 heteroatoms. The summed E-state index contributed by atoms with van der Waals surface area (Å²) in [5.41, 5.74) is 2.10. The fraction of sp³-hybridized carbons (Fsp3) is 0.400. The minimum absolute atomic E-state index is 0.561. The van der Waals surface area contributed by atoms with Crippen molar-refractivity contribution in [3.05, 3.63) is 33.7 Å². The van der Waals surface area contributed by atoms with Crippen molar-refractivity contribution in [2.24, 2.45) is 0 Å². The first-order valence-electron chi connectivity index (χ1n) is 4.32. The van der Waals surface area contributed by atoms with Gasteiger partial charge in [0.05, 0.1) is 6.61 Å². The molecule has 0 aliphatic carbocycles. The molecule has 0 radical (unpaired) electrons. The Morgan fingerprint density at radius 2 is 2.38 bits per heavy atom. The van der Waals surface area contributed by atoms with Gasteiger partial charge in [-0.15, -0.1) is 0 Å². The third kappa shape index (κ3) is 1.62. The molecule has 0 amide bonds.